The molecule has 0 atom stereocenters. The van der Waals surface area contributed by atoms with Crippen molar-refractivity contribution in [1.29, 1.82) is 0 Å². The number of benzene rings is 1. The first kappa shape index (κ1) is 21.2. The minimum absolute atomic E-state index is 0.0329. The van der Waals surface area contributed by atoms with E-state index in [1.165, 1.54) is 6.42 Å². The second-order valence-electron chi connectivity index (χ2n) is 7.05. The van der Waals surface area contributed by atoms with Gasteiger partial charge in [0.1, 0.15) is 5.75 Å². The highest BCUT2D eigenvalue weighted by molar-refractivity contribution is 5.96. The van der Waals surface area contributed by atoms with Gasteiger partial charge in [-0.15, -0.1) is 0 Å². The zero-order valence-corrected chi connectivity index (χ0v) is 16.4. The summed E-state index contributed by atoms with van der Waals surface area (Å²) in [7, 11) is 3.55. The van der Waals surface area contributed by atoms with Crippen molar-refractivity contribution in [1.82, 2.24) is 10.2 Å². The highest BCUT2D eigenvalue weighted by Gasteiger charge is 2.25. The van der Waals surface area contributed by atoms with Crippen LogP contribution in [0.3, 0.4) is 0 Å². The molecule has 1 aliphatic rings. The van der Waals surface area contributed by atoms with Gasteiger partial charge in [-0.3, -0.25) is 14.5 Å². The molecule has 1 heterocycles. The molecule has 0 spiro atoms. The lowest BCUT2D eigenvalue weighted by Gasteiger charge is -2.33. The molecule has 0 unspecified atom stereocenters. The van der Waals surface area contributed by atoms with Crippen molar-refractivity contribution in [3.63, 3.8) is 0 Å². The molecule has 3 N–H and O–H groups in total. The number of methoxy groups -OCH3 is 1. The first-order valence-electron chi connectivity index (χ1n) is 9.63. The largest absolute Gasteiger partial charge is 0.495 e. The van der Waals surface area contributed by atoms with Gasteiger partial charge in [-0.25, -0.2) is 0 Å². The van der Waals surface area contributed by atoms with Crippen molar-refractivity contribution in [2.75, 3.05) is 51.8 Å². The van der Waals surface area contributed by atoms with Gasteiger partial charge in [0.15, 0.2) is 0 Å². The summed E-state index contributed by atoms with van der Waals surface area (Å²) in [6, 6.07) is 7.36. The number of amides is 2. The average molecular weight is 377 g/mol. The zero-order chi connectivity index (χ0) is 19.6. The number of para-hydroxylation sites is 2. The fourth-order valence-corrected chi connectivity index (χ4v) is 3.51. The van der Waals surface area contributed by atoms with E-state index in [4.69, 9.17) is 10.5 Å². The highest BCUT2D eigenvalue weighted by atomic mass is 16.5. The number of carbonyl (C=O) groups excluding carboxylic acids is 2. The second-order valence-corrected chi connectivity index (χ2v) is 7.05. The Kier molecular flexibility index (Phi) is 8.54. The number of likely N-dealkylation sites (tertiary alicyclic amines) is 1. The molecule has 0 aromatic heterocycles. The SMILES string of the molecule is CNCCC1CCN(CC(=O)N(CCC(N)=O)c2ccccc2OC)CC1. The predicted octanol–water partition coefficient (Wildman–Crippen LogP) is 1.23. The normalized spacial score (nSPS) is 15.5. The van der Waals surface area contributed by atoms with Gasteiger partial charge < -0.3 is 20.7 Å². The lowest BCUT2D eigenvalue weighted by atomic mass is 9.93. The van der Waals surface area contributed by atoms with Crippen molar-refractivity contribution in [2.24, 2.45) is 11.7 Å². The van der Waals surface area contributed by atoms with E-state index < -0.39 is 5.91 Å². The van der Waals surface area contributed by atoms with E-state index in [1.54, 1.807) is 12.0 Å². The van der Waals surface area contributed by atoms with Crippen LogP contribution in [0.15, 0.2) is 24.3 Å². The first-order valence-corrected chi connectivity index (χ1v) is 9.63. The zero-order valence-electron chi connectivity index (χ0n) is 16.4. The fraction of sp³-hybridized carbons (Fsp3) is 0.600. The van der Waals surface area contributed by atoms with Gasteiger partial charge in [-0.05, 0) is 64.0 Å². The summed E-state index contributed by atoms with van der Waals surface area (Å²) in [5.41, 5.74) is 5.98. The summed E-state index contributed by atoms with van der Waals surface area (Å²) in [5.74, 6) is 0.882. The molecule has 0 bridgehead atoms. The molecule has 7 heteroatoms. The minimum atomic E-state index is -0.423. The van der Waals surface area contributed by atoms with Crippen LogP contribution in [0.5, 0.6) is 5.75 Å². The topological polar surface area (TPSA) is 87.9 Å². The number of primary amides is 1. The number of ether oxygens (including phenoxy) is 1. The van der Waals surface area contributed by atoms with Crippen LogP contribution in [0.2, 0.25) is 0 Å². The van der Waals surface area contributed by atoms with E-state index in [1.807, 2.05) is 31.3 Å². The first-order chi connectivity index (χ1) is 13.0. The van der Waals surface area contributed by atoms with Gasteiger partial charge in [0.2, 0.25) is 11.8 Å². The molecule has 2 rings (SSSR count). The molecule has 1 aromatic carbocycles. The Morgan fingerprint density at radius 3 is 2.63 bits per heavy atom. The van der Waals surface area contributed by atoms with Gasteiger partial charge in [-0.1, -0.05) is 12.1 Å². The molecular weight excluding hydrogens is 344 g/mol. The molecule has 1 aliphatic heterocycles. The molecule has 0 saturated carbocycles. The Morgan fingerprint density at radius 2 is 2.00 bits per heavy atom. The standard InChI is InChI=1S/C20H32N4O3/c1-22-11-7-16-8-12-23(13-9-16)15-20(26)24(14-10-19(21)25)17-5-3-4-6-18(17)27-2/h3-6,16,22H,7-15H2,1-2H3,(H2,21,25). The Labute approximate surface area is 161 Å². The van der Waals surface area contributed by atoms with Gasteiger partial charge in [-0.2, -0.15) is 0 Å². The van der Waals surface area contributed by atoms with E-state index in [9.17, 15) is 9.59 Å². The molecular formula is C20H32N4O3. The van der Waals surface area contributed by atoms with Gasteiger partial charge in [0, 0.05) is 13.0 Å². The van der Waals surface area contributed by atoms with E-state index in [0.29, 0.717) is 18.0 Å². The number of hydrogen-bond donors (Lipinski definition) is 2. The number of nitrogens with zero attached hydrogens (tertiary/aromatic N) is 2. The average Bonchev–Trinajstić information content (AvgIpc) is 2.67. The minimum Gasteiger partial charge on any atom is -0.495 e. The van der Waals surface area contributed by atoms with Crippen LogP contribution >= 0.6 is 0 Å². The lowest BCUT2D eigenvalue weighted by Crippen LogP contribution is -2.44. The van der Waals surface area contributed by atoms with Crippen LogP contribution in [0.4, 0.5) is 5.69 Å². The molecule has 150 valence electrons. The van der Waals surface area contributed by atoms with Crippen LogP contribution in [0.1, 0.15) is 25.7 Å². The van der Waals surface area contributed by atoms with Crippen LogP contribution in [0.25, 0.3) is 0 Å². The summed E-state index contributed by atoms with van der Waals surface area (Å²) in [6.07, 6.45) is 3.54. The predicted molar refractivity (Wildman–Crippen MR) is 107 cm³/mol. The third-order valence-electron chi connectivity index (χ3n) is 5.13. The summed E-state index contributed by atoms with van der Waals surface area (Å²) in [4.78, 5) is 28.1. The Bertz CT molecular complexity index is 615. The van der Waals surface area contributed by atoms with Gasteiger partial charge >= 0.3 is 0 Å². The van der Waals surface area contributed by atoms with E-state index in [2.05, 4.69) is 10.2 Å². The lowest BCUT2D eigenvalue weighted by molar-refractivity contribution is -0.120. The molecule has 1 saturated heterocycles. The maximum Gasteiger partial charge on any atom is 0.241 e. The molecule has 1 aromatic rings. The number of nitrogens with one attached hydrogen (secondary N) is 1. The van der Waals surface area contributed by atoms with E-state index in [-0.39, 0.29) is 18.9 Å². The van der Waals surface area contributed by atoms with Crippen molar-refractivity contribution >= 4 is 17.5 Å². The maximum absolute atomic E-state index is 13.0. The Balaban J connectivity index is 2.01. The Hall–Kier alpha value is -2.12. The third-order valence-corrected chi connectivity index (χ3v) is 5.13. The fourth-order valence-electron chi connectivity index (χ4n) is 3.51. The smallest absolute Gasteiger partial charge is 0.241 e. The maximum atomic E-state index is 13.0. The summed E-state index contributed by atoms with van der Waals surface area (Å²) >= 11 is 0. The van der Waals surface area contributed by atoms with E-state index in [0.717, 1.165) is 38.4 Å². The number of rotatable bonds is 10. The number of anilines is 1. The summed E-state index contributed by atoms with van der Waals surface area (Å²) < 4.78 is 5.40. The molecule has 0 radical (unpaired) electrons. The van der Waals surface area contributed by atoms with Crippen LogP contribution in [-0.4, -0.2) is 63.6 Å². The quantitative estimate of drug-likeness (QED) is 0.641. The molecule has 0 aliphatic carbocycles. The molecule has 7 nitrogen and oxygen atoms in total. The number of carbonyl (C=O) groups is 2. The van der Waals surface area contributed by atoms with Gasteiger partial charge in [0.05, 0.1) is 19.3 Å². The number of nitrogens with two attached hydrogens (primary N) is 1. The Morgan fingerprint density at radius 1 is 1.30 bits per heavy atom. The van der Waals surface area contributed by atoms with Crippen molar-refractivity contribution in [2.45, 2.75) is 25.7 Å². The number of piperidine rings is 1. The molecule has 27 heavy (non-hydrogen) atoms. The van der Waals surface area contributed by atoms with Gasteiger partial charge in [0.25, 0.3) is 0 Å². The summed E-state index contributed by atoms with van der Waals surface area (Å²) in [5, 5.41) is 3.20. The molecule has 1 fully saturated rings. The summed E-state index contributed by atoms with van der Waals surface area (Å²) in [6.45, 7) is 3.49. The highest BCUT2D eigenvalue weighted by Crippen LogP contribution is 2.28. The van der Waals surface area contributed by atoms with Crippen molar-refractivity contribution in [3.8, 4) is 5.75 Å². The van der Waals surface area contributed by atoms with Crippen LogP contribution in [-0.2, 0) is 9.59 Å². The van der Waals surface area contributed by atoms with Crippen molar-refractivity contribution < 1.29 is 14.3 Å². The van der Waals surface area contributed by atoms with Crippen LogP contribution < -0.4 is 20.7 Å². The molecule has 2 amide bonds. The van der Waals surface area contributed by atoms with Crippen molar-refractivity contribution in [3.05, 3.63) is 24.3 Å². The number of hydrogen-bond acceptors (Lipinski definition) is 5. The van der Waals surface area contributed by atoms with E-state index >= 15 is 0 Å². The monoisotopic (exact) mass is 376 g/mol. The third kappa shape index (κ3) is 6.52. The van der Waals surface area contributed by atoms with Crippen LogP contribution in [0, 0.1) is 5.92 Å². The second kappa shape index (κ2) is 10.9.